The molecule has 0 aromatic heterocycles. The first-order valence-corrected chi connectivity index (χ1v) is 11.1. The van der Waals surface area contributed by atoms with Crippen molar-refractivity contribution in [1.29, 1.82) is 0 Å². The maximum Gasteiger partial charge on any atom is 0.330 e. The van der Waals surface area contributed by atoms with Crippen molar-refractivity contribution in [2.75, 3.05) is 6.61 Å². The van der Waals surface area contributed by atoms with E-state index < -0.39 is 8.32 Å². The van der Waals surface area contributed by atoms with Crippen LogP contribution in [-0.4, -0.2) is 20.9 Å². The van der Waals surface area contributed by atoms with Crippen LogP contribution in [0, 0.1) is 0 Å². The van der Waals surface area contributed by atoms with Gasteiger partial charge in [0.1, 0.15) is 0 Å². The molecule has 0 saturated carbocycles. The van der Waals surface area contributed by atoms with E-state index in [4.69, 9.17) is 9.16 Å². The Kier molecular flexibility index (Phi) is 6.78. The first kappa shape index (κ1) is 19.7. The van der Waals surface area contributed by atoms with E-state index in [9.17, 15) is 4.79 Å². The van der Waals surface area contributed by atoms with Crippen molar-refractivity contribution in [2.24, 2.45) is 0 Å². The van der Waals surface area contributed by atoms with E-state index in [1.54, 1.807) is 13.0 Å². The third kappa shape index (κ3) is 5.96. The van der Waals surface area contributed by atoms with Crippen LogP contribution in [0.4, 0.5) is 0 Å². The van der Waals surface area contributed by atoms with E-state index in [0.717, 1.165) is 11.1 Å². The Morgan fingerprint density at radius 3 is 2.26 bits per heavy atom. The molecule has 0 aliphatic heterocycles. The van der Waals surface area contributed by atoms with Gasteiger partial charge in [-0.25, -0.2) is 4.79 Å². The van der Waals surface area contributed by atoms with Gasteiger partial charge in [0.2, 0.25) is 0 Å². The molecule has 1 unspecified atom stereocenters. The molecule has 0 spiro atoms. The summed E-state index contributed by atoms with van der Waals surface area (Å²) in [5.41, 5.74) is 2.13. The van der Waals surface area contributed by atoms with Gasteiger partial charge < -0.3 is 9.16 Å². The highest BCUT2D eigenvalue weighted by molar-refractivity contribution is 6.74. The van der Waals surface area contributed by atoms with Crippen molar-refractivity contribution < 1.29 is 14.0 Å². The molecule has 0 fully saturated rings. The lowest BCUT2D eigenvalue weighted by atomic mass is 10.1. The first-order chi connectivity index (χ1) is 10.6. The minimum absolute atomic E-state index is 0.0685. The fourth-order valence-corrected chi connectivity index (χ4v) is 3.29. The van der Waals surface area contributed by atoms with Gasteiger partial charge in [0.15, 0.2) is 8.32 Å². The molecule has 128 valence electrons. The van der Waals surface area contributed by atoms with Gasteiger partial charge in [-0.1, -0.05) is 45.0 Å². The molecule has 1 aromatic carbocycles. The van der Waals surface area contributed by atoms with Crippen LogP contribution in [0.25, 0.3) is 6.08 Å². The standard InChI is InChI=1S/C19H30O3Si/c1-8-21-18(20)14-11-16-9-12-17(13-10-16)15(2)22-23(6,7)19(3,4)5/h9-15H,8H2,1-7H3. The third-order valence-corrected chi connectivity index (χ3v) is 8.94. The Morgan fingerprint density at radius 2 is 1.78 bits per heavy atom. The van der Waals surface area contributed by atoms with E-state index >= 15 is 0 Å². The summed E-state index contributed by atoms with van der Waals surface area (Å²) in [7, 11) is -1.78. The van der Waals surface area contributed by atoms with Gasteiger partial charge in [-0.05, 0) is 49.2 Å². The fourth-order valence-electron chi connectivity index (χ4n) is 1.92. The van der Waals surface area contributed by atoms with Gasteiger partial charge in [0.05, 0.1) is 12.7 Å². The molecule has 0 heterocycles. The van der Waals surface area contributed by atoms with Gasteiger partial charge in [0.25, 0.3) is 0 Å². The van der Waals surface area contributed by atoms with Gasteiger partial charge in [0, 0.05) is 6.08 Å². The molecule has 0 bridgehead atoms. The van der Waals surface area contributed by atoms with Crippen molar-refractivity contribution in [3.63, 3.8) is 0 Å². The van der Waals surface area contributed by atoms with Crippen LogP contribution in [-0.2, 0) is 14.0 Å². The summed E-state index contributed by atoms with van der Waals surface area (Å²) < 4.78 is 11.3. The van der Waals surface area contributed by atoms with Gasteiger partial charge in [-0.2, -0.15) is 0 Å². The molecule has 0 radical (unpaired) electrons. The largest absolute Gasteiger partial charge is 0.463 e. The van der Waals surface area contributed by atoms with Crippen molar-refractivity contribution in [1.82, 2.24) is 0 Å². The smallest absolute Gasteiger partial charge is 0.330 e. The molecule has 0 N–H and O–H groups in total. The molecule has 1 atom stereocenters. The highest BCUT2D eigenvalue weighted by Crippen LogP contribution is 2.39. The van der Waals surface area contributed by atoms with Crippen molar-refractivity contribution >= 4 is 20.4 Å². The monoisotopic (exact) mass is 334 g/mol. The third-order valence-electron chi connectivity index (χ3n) is 4.38. The van der Waals surface area contributed by atoms with Crippen LogP contribution in [0.1, 0.15) is 51.8 Å². The summed E-state index contributed by atoms with van der Waals surface area (Å²) >= 11 is 0. The fraction of sp³-hybridized carbons (Fsp3) is 0.526. The number of carbonyl (C=O) groups is 1. The summed E-state index contributed by atoms with van der Waals surface area (Å²) in [4.78, 5) is 11.3. The molecule has 0 saturated heterocycles. The zero-order valence-electron chi connectivity index (χ0n) is 15.5. The molecular formula is C19H30O3Si. The predicted octanol–water partition coefficient (Wildman–Crippen LogP) is 5.35. The molecule has 0 amide bonds. The number of ether oxygens (including phenoxy) is 1. The minimum Gasteiger partial charge on any atom is -0.463 e. The molecule has 3 nitrogen and oxygen atoms in total. The Hall–Kier alpha value is -1.39. The topological polar surface area (TPSA) is 35.5 Å². The normalized spacial score (nSPS) is 14.0. The second kappa shape index (κ2) is 7.93. The van der Waals surface area contributed by atoms with Gasteiger partial charge in [-0.15, -0.1) is 0 Å². The molecule has 23 heavy (non-hydrogen) atoms. The quantitative estimate of drug-likeness (QED) is 0.400. The Labute approximate surface area is 141 Å². The van der Waals surface area contributed by atoms with Crippen LogP contribution < -0.4 is 0 Å². The molecule has 4 heteroatoms. The summed E-state index contributed by atoms with van der Waals surface area (Å²) in [6, 6.07) is 8.11. The summed E-state index contributed by atoms with van der Waals surface area (Å²) in [5, 5.41) is 0.198. The predicted molar refractivity (Wildman–Crippen MR) is 98.8 cm³/mol. The minimum atomic E-state index is -1.78. The van der Waals surface area contributed by atoms with E-state index in [0.29, 0.717) is 6.61 Å². The number of rotatable bonds is 6. The first-order valence-electron chi connectivity index (χ1n) is 8.19. The van der Waals surface area contributed by atoms with Crippen molar-refractivity contribution in [3.05, 3.63) is 41.5 Å². The van der Waals surface area contributed by atoms with Gasteiger partial charge >= 0.3 is 5.97 Å². The highest BCUT2D eigenvalue weighted by atomic mass is 28.4. The SMILES string of the molecule is CCOC(=O)C=Cc1ccc(C(C)O[Si](C)(C)C(C)(C)C)cc1. The molecular weight excluding hydrogens is 304 g/mol. The molecule has 1 aromatic rings. The average Bonchev–Trinajstić information content (AvgIpc) is 2.44. The number of hydrogen-bond acceptors (Lipinski definition) is 3. The zero-order valence-corrected chi connectivity index (χ0v) is 16.5. The lowest BCUT2D eigenvalue weighted by molar-refractivity contribution is -0.137. The van der Waals surface area contributed by atoms with Crippen LogP contribution in [0.3, 0.4) is 0 Å². The Morgan fingerprint density at radius 1 is 1.22 bits per heavy atom. The van der Waals surface area contributed by atoms with E-state index in [1.165, 1.54) is 6.08 Å². The maximum atomic E-state index is 11.3. The Bertz CT molecular complexity index is 539. The molecule has 1 rings (SSSR count). The lowest BCUT2D eigenvalue weighted by Crippen LogP contribution is -2.41. The van der Waals surface area contributed by atoms with Crippen LogP contribution >= 0.6 is 0 Å². The van der Waals surface area contributed by atoms with Crippen molar-refractivity contribution in [3.8, 4) is 0 Å². The molecule has 0 aliphatic carbocycles. The van der Waals surface area contributed by atoms with E-state index in [1.807, 2.05) is 12.1 Å². The van der Waals surface area contributed by atoms with Crippen LogP contribution in [0.5, 0.6) is 0 Å². The van der Waals surface area contributed by atoms with E-state index in [-0.39, 0.29) is 17.1 Å². The Balaban J connectivity index is 2.75. The van der Waals surface area contributed by atoms with Gasteiger partial charge in [-0.3, -0.25) is 0 Å². The summed E-state index contributed by atoms with van der Waals surface area (Å²) in [6.45, 7) is 15.6. The number of benzene rings is 1. The second-order valence-electron chi connectivity index (χ2n) is 7.27. The highest BCUT2D eigenvalue weighted by Gasteiger charge is 2.38. The number of hydrogen-bond donors (Lipinski definition) is 0. The second-order valence-corrected chi connectivity index (χ2v) is 12.0. The van der Waals surface area contributed by atoms with Crippen LogP contribution in [0.15, 0.2) is 30.3 Å². The van der Waals surface area contributed by atoms with E-state index in [2.05, 4.69) is 52.9 Å². The summed E-state index contributed by atoms with van der Waals surface area (Å²) in [6.07, 6.45) is 3.29. The molecule has 0 aliphatic rings. The number of carbonyl (C=O) groups excluding carboxylic acids is 1. The van der Waals surface area contributed by atoms with Crippen LogP contribution in [0.2, 0.25) is 18.1 Å². The average molecular weight is 335 g/mol. The van der Waals surface area contributed by atoms with Crippen molar-refractivity contribution in [2.45, 2.75) is 58.9 Å². The zero-order chi connectivity index (χ0) is 17.7. The maximum absolute atomic E-state index is 11.3. The lowest BCUT2D eigenvalue weighted by Gasteiger charge is -2.38. The number of esters is 1. The summed E-state index contributed by atoms with van der Waals surface area (Å²) in [5.74, 6) is -0.314.